The molecule has 1 saturated heterocycles. The second kappa shape index (κ2) is 11.7. The van der Waals surface area contributed by atoms with Gasteiger partial charge in [-0.15, -0.1) is 0 Å². The first-order chi connectivity index (χ1) is 15.2. The van der Waals surface area contributed by atoms with Crippen molar-refractivity contribution in [3.63, 3.8) is 0 Å². The Morgan fingerprint density at radius 1 is 1.34 bits per heavy atom. The number of hydrogen-bond acceptors (Lipinski definition) is 9. The van der Waals surface area contributed by atoms with Gasteiger partial charge in [-0.1, -0.05) is 24.3 Å². The molecule has 2 rings (SSSR count). The van der Waals surface area contributed by atoms with Crippen molar-refractivity contribution >= 4 is 34.5 Å². The van der Waals surface area contributed by atoms with Crippen molar-refractivity contribution in [3.8, 4) is 0 Å². The van der Waals surface area contributed by atoms with E-state index in [1.54, 1.807) is 29.6 Å². The van der Waals surface area contributed by atoms with Crippen LogP contribution in [0.4, 0.5) is 4.79 Å². The third kappa shape index (κ3) is 7.09. The molecule has 0 aromatic heterocycles. The van der Waals surface area contributed by atoms with Gasteiger partial charge >= 0.3 is 12.6 Å². The first kappa shape index (κ1) is 25.4. The Kier molecular flexibility index (Phi) is 9.26. The largest absolute Gasteiger partial charge is 0.421 e. The van der Waals surface area contributed by atoms with Gasteiger partial charge in [-0.3, -0.25) is 29.6 Å². The average molecular weight is 471 g/mol. The Morgan fingerprint density at radius 3 is 2.66 bits per heavy atom. The zero-order valence-electron chi connectivity index (χ0n) is 17.3. The maximum atomic E-state index is 12.1. The van der Waals surface area contributed by atoms with Gasteiger partial charge in [-0.05, 0) is 30.9 Å². The molecule has 0 spiro atoms. The fourth-order valence-corrected chi connectivity index (χ4v) is 4.33. The lowest BCUT2D eigenvalue weighted by molar-refractivity contribution is -0.124. The van der Waals surface area contributed by atoms with Gasteiger partial charge in [0.15, 0.2) is 0 Å². The number of carbonyl (C=O) groups is 4. The molecule has 3 amide bonds. The van der Waals surface area contributed by atoms with E-state index in [-0.39, 0.29) is 24.9 Å². The number of benzene rings is 1. The van der Waals surface area contributed by atoms with Crippen LogP contribution in [0.15, 0.2) is 24.3 Å². The third-order valence-corrected chi connectivity index (χ3v) is 5.79. The molecule has 176 valence electrons. The molecule has 3 atom stereocenters. The first-order valence-electron chi connectivity index (χ1n) is 9.78. The van der Waals surface area contributed by atoms with Crippen molar-refractivity contribution in [2.24, 2.45) is 5.92 Å². The highest BCUT2D eigenvalue weighted by atomic mass is 32.2. The van der Waals surface area contributed by atoms with Crippen molar-refractivity contribution in [2.45, 2.75) is 31.2 Å². The van der Waals surface area contributed by atoms with E-state index in [1.807, 2.05) is 0 Å². The van der Waals surface area contributed by atoms with Crippen molar-refractivity contribution in [3.05, 3.63) is 35.4 Å². The van der Waals surface area contributed by atoms with Gasteiger partial charge in [0.05, 0.1) is 12.6 Å². The molecule has 1 aromatic carbocycles. The maximum absolute atomic E-state index is 12.1. The Balaban J connectivity index is 2.34. The van der Waals surface area contributed by atoms with E-state index in [2.05, 4.69) is 15.4 Å². The van der Waals surface area contributed by atoms with Gasteiger partial charge in [0, 0.05) is 19.1 Å². The van der Waals surface area contributed by atoms with Gasteiger partial charge in [0.1, 0.15) is 0 Å². The zero-order chi connectivity index (χ0) is 23.7. The first-order valence-corrected chi connectivity index (χ1v) is 11.3. The molecule has 12 nitrogen and oxygen atoms in total. The van der Waals surface area contributed by atoms with Gasteiger partial charge in [0.25, 0.3) is 10.1 Å². The summed E-state index contributed by atoms with van der Waals surface area (Å²) in [5, 5.41) is 7.19. The topological polar surface area (TPSA) is 177 Å². The molecule has 0 bridgehead atoms. The van der Waals surface area contributed by atoms with Gasteiger partial charge in [0.2, 0.25) is 17.3 Å². The minimum Gasteiger partial charge on any atom is -0.378 e. The van der Waals surface area contributed by atoms with Crippen LogP contribution in [0, 0.1) is 5.92 Å². The summed E-state index contributed by atoms with van der Waals surface area (Å²) in [7, 11) is -4.74. The van der Waals surface area contributed by atoms with Crippen LogP contribution in [0.5, 0.6) is 0 Å². The Bertz CT molecular complexity index is 951. The number of alkyl carbamates (subject to hydrolysis) is 1. The smallest absolute Gasteiger partial charge is 0.378 e. The number of ether oxygens (including phenoxy) is 2. The summed E-state index contributed by atoms with van der Waals surface area (Å²) in [5.74, 6) is -1.34. The van der Waals surface area contributed by atoms with E-state index < -0.39 is 40.1 Å². The number of hydrogen-bond donors (Lipinski definition) is 4. The highest BCUT2D eigenvalue weighted by Gasteiger charge is 2.36. The second-order valence-electron chi connectivity index (χ2n) is 6.93. The number of nitrogens with one attached hydrogen (secondary N) is 3. The Morgan fingerprint density at radius 2 is 2.06 bits per heavy atom. The van der Waals surface area contributed by atoms with Crippen LogP contribution >= 0.6 is 0 Å². The molecule has 13 heteroatoms. The Hall–Kier alpha value is -2.87. The predicted octanol–water partition coefficient (Wildman–Crippen LogP) is -0.344. The maximum Gasteiger partial charge on any atom is 0.421 e. The van der Waals surface area contributed by atoms with Crippen LogP contribution < -0.4 is 16.0 Å². The van der Waals surface area contributed by atoms with Gasteiger partial charge in [-0.25, -0.2) is 4.79 Å². The van der Waals surface area contributed by atoms with Crippen molar-refractivity contribution in [1.29, 1.82) is 0 Å². The highest BCUT2D eigenvalue weighted by molar-refractivity contribution is 7.86. The van der Waals surface area contributed by atoms with E-state index in [0.29, 0.717) is 30.5 Å². The van der Waals surface area contributed by atoms with E-state index in [9.17, 15) is 32.1 Å². The molecule has 0 aliphatic carbocycles. The standard InChI is InChI=1S/C19H25N3O9S/c1-2-30-18(32(27,28)29)16(21-10-15(24)22-19(26)31-11-23)14-6-4-3-5-12(14)9-13-7-8-20-17(13)25/h3-6,11,13,16,18,21H,2,7-10H2,1H3,(H,20,25)(H,22,24,26)(H,27,28,29)/t13-,16?,18?/m1/s1. The summed E-state index contributed by atoms with van der Waals surface area (Å²) in [6, 6.07) is 5.43. The normalized spacial score (nSPS) is 17.8. The minimum absolute atomic E-state index is 0.0618. The van der Waals surface area contributed by atoms with Crippen LogP contribution in [-0.4, -0.2) is 62.5 Å². The van der Waals surface area contributed by atoms with Gasteiger partial charge in [-0.2, -0.15) is 8.42 Å². The van der Waals surface area contributed by atoms with Crippen molar-refractivity contribution in [2.75, 3.05) is 19.7 Å². The molecule has 32 heavy (non-hydrogen) atoms. The molecule has 1 heterocycles. The molecule has 2 unspecified atom stereocenters. The number of carbonyl (C=O) groups excluding carboxylic acids is 4. The quantitative estimate of drug-likeness (QED) is 0.189. The average Bonchev–Trinajstić information content (AvgIpc) is 3.12. The van der Waals surface area contributed by atoms with E-state index >= 15 is 0 Å². The molecule has 0 radical (unpaired) electrons. The van der Waals surface area contributed by atoms with E-state index in [0.717, 1.165) is 0 Å². The predicted molar refractivity (Wildman–Crippen MR) is 110 cm³/mol. The summed E-state index contributed by atoms with van der Waals surface area (Å²) in [6.45, 7) is 1.28. The lowest BCUT2D eigenvalue weighted by Gasteiger charge is -2.28. The summed E-state index contributed by atoms with van der Waals surface area (Å²) in [5.41, 5.74) is -0.756. The van der Waals surface area contributed by atoms with Crippen LogP contribution in [0.25, 0.3) is 0 Å². The molecule has 0 saturated carbocycles. The fraction of sp³-hybridized carbons (Fsp3) is 0.474. The molecule has 4 N–H and O–H groups in total. The summed E-state index contributed by atoms with van der Waals surface area (Å²) < 4.78 is 43.1. The second-order valence-corrected chi connectivity index (χ2v) is 8.42. The van der Waals surface area contributed by atoms with Crippen LogP contribution in [0.3, 0.4) is 0 Å². The van der Waals surface area contributed by atoms with Crippen LogP contribution in [0.1, 0.15) is 30.5 Å². The molecular weight excluding hydrogens is 446 g/mol. The summed E-state index contributed by atoms with van der Waals surface area (Å²) in [4.78, 5) is 45.4. The van der Waals surface area contributed by atoms with Crippen LogP contribution in [-0.2, 0) is 40.4 Å². The monoisotopic (exact) mass is 471 g/mol. The summed E-state index contributed by atoms with van der Waals surface area (Å²) in [6.07, 6.45) is -0.380. The fourth-order valence-electron chi connectivity index (χ4n) is 3.43. The number of amides is 3. The summed E-state index contributed by atoms with van der Waals surface area (Å²) >= 11 is 0. The van der Waals surface area contributed by atoms with Crippen LogP contribution in [0.2, 0.25) is 0 Å². The van der Waals surface area contributed by atoms with E-state index in [1.165, 1.54) is 6.92 Å². The lowest BCUT2D eigenvalue weighted by Crippen LogP contribution is -2.45. The molecule has 1 aliphatic rings. The molecular formula is C19H25N3O9S. The number of imide groups is 1. The highest BCUT2D eigenvalue weighted by Crippen LogP contribution is 2.29. The van der Waals surface area contributed by atoms with Gasteiger partial charge < -0.3 is 14.8 Å². The third-order valence-electron chi connectivity index (χ3n) is 4.80. The zero-order valence-corrected chi connectivity index (χ0v) is 18.1. The van der Waals surface area contributed by atoms with E-state index in [4.69, 9.17) is 4.74 Å². The molecule has 1 aliphatic heterocycles. The van der Waals surface area contributed by atoms with Crippen molar-refractivity contribution in [1.82, 2.24) is 16.0 Å². The lowest BCUT2D eigenvalue weighted by atomic mass is 9.91. The molecule has 1 aromatic rings. The SMILES string of the molecule is CCOC(C(NCC(=O)NC(=O)OC=O)c1ccccc1C[C@H]1CCNC1=O)S(=O)(=O)O. The van der Waals surface area contributed by atoms with Crippen molar-refractivity contribution < 1.29 is 41.6 Å². The molecule has 1 fully saturated rings. The Labute approximate surface area is 184 Å². The number of rotatable bonds is 11. The minimum atomic E-state index is -4.74.